The van der Waals surface area contributed by atoms with Gasteiger partial charge < -0.3 is 5.73 Å². The number of pyridine rings is 1. The molecule has 21 heavy (non-hydrogen) atoms. The quantitative estimate of drug-likeness (QED) is 0.825. The van der Waals surface area contributed by atoms with Crippen molar-refractivity contribution in [3.8, 4) is 0 Å². The second-order valence-corrected chi connectivity index (χ2v) is 6.79. The van der Waals surface area contributed by atoms with Crippen molar-refractivity contribution < 1.29 is 8.42 Å². The normalized spacial score (nSPS) is 11.5. The zero-order chi connectivity index (χ0) is 15.5. The van der Waals surface area contributed by atoms with Gasteiger partial charge in [0, 0.05) is 29.6 Å². The molecule has 0 aliphatic heterocycles. The van der Waals surface area contributed by atoms with Crippen LogP contribution in [-0.2, 0) is 16.4 Å². The third-order valence-electron chi connectivity index (χ3n) is 3.11. The van der Waals surface area contributed by atoms with Crippen LogP contribution in [0.3, 0.4) is 0 Å². The lowest BCUT2D eigenvalue weighted by molar-refractivity contribution is 0.581. The fourth-order valence-corrected chi connectivity index (χ4v) is 3.53. The summed E-state index contributed by atoms with van der Waals surface area (Å²) in [4.78, 5) is 4.03. The highest BCUT2D eigenvalue weighted by Crippen LogP contribution is 2.25. The van der Waals surface area contributed by atoms with Gasteiger partial charge in [0.1, 0.15) is 0 Å². The number of nitrogens with one attached hydrogen (secondary N) is 1. The van der Waals surface area contributed by atoms with Gasteiger partial charge in [-0.2, -0.15) is 0 Å². The Balaban J connectivity index is 2.12. The predicted octanol–water partition coefficient (Wildman–Crippen LogP) is 2.15. The third kappa shape index (κ3) is 3.93. The van der Waals surface area contributed by atoms with Gasteiger partial charge in [-0.25, -0.2) is 13.1 Å². The van der Waals surface area contributed by atoms with Gasteiger partial charge in [0.2, 0.25) is 10.0 Å². The molecule has 0 amide bonds. The highest BCUT2D eigenvalue weighted by atomic mass is 35.5. The van der Waals surface area contributed by atoms with Gasteiger partial charge in [0.25, 0.3) is 0 Å². The number of hydrogen-bond acceptors (Lipinski definition) is 4. The Bertz CT molecular complexity index is 733. The van der Waals surface area contributed by atoms with Crippen LogP contribution in [0.1, 0.15) is 11.1 Å². The standard InChI is InChI=1S/C14H16ClN3O2S/c1-10-13(16)8-12(15)9-14(10)21(19,20)18-7-4-11-2-5-17-6-3-11/h2-3,5-6,8-9,18H,4,7,16H2,1H3. The summed E-state index contributed by atoms with van der Waals surface area (Å²) in [5.74, 6) is 0. The lowest BCUT2D eigenvalue weighted by Gasteiger charge is -2.11. The number of anilines is 1. The topological polar surface area (TPSA) is 85.1 Å². The van der Waals surface area contributed by atoms with E-state index in [1.807, 2.05) is 12.1 Å². The van der Waals surface area contributed by atoms with Crippen LogP contribution in [0.15, 0.2) is 41.6 Å². The molecule has 0 unspecified atom stereocenters. The summed E-state index contributed by atoms with van der Waals surface area (Å²) in [7, 11) is -3.64. The van der Waals surface area contributed by atoms with Crippen LogP contribution in [-0.4, -0.2) is 19.9 Å². The predicted molar refractivity (Wildman–Crippen MR) is 83.7 cm³/mol. The molecule has 2 aromatic rings. The Morgan fingerprint density at radius 2 is 1.95 bits per heavy atom. The molecule has 112 valence electrons. The minimum atomic E-state index is -3.64. The molecule has 3 N–H and O–H groups in total. The van der Waals surface area contributed by atoms with E-state index in [9.17, 15) is 8.42 Å². The van der Waals surface area contributed by atoms with Gasteiger partial charge in [-0.15, -0.1) is 0 Å². The van der Waals surface area contributed by atoms with Crippen LogP contribution in [0.2, 0.25) is 5.02 Å². The maximum atomic E-state index is 12.3. The van der Waals surface area contributed by atoms with Crippen molar-refractivity contribution in [3.63, 3.8) is 0 Å². The molecule has 1 heterocycles. The van der Waals surface area contributed by atoms with E-state index >= 15 is 0 Å². The molecule has 0 aliphatic rings. The van der Waals surface area contributed by atoms with Crippen molar-refractivity contribution in [1.82, 2.24) is 9.71 Å². The SMILES string of the molecule is Cc1c(N)cc(Cl)cc1S(=O)(=O)NCCc1ccncc1. The lowest BCUT2D eigenvalue weighted by atomic mass is 10.2. The molecule has 7 heteroatoms. The van der Waals surface area contributed by atoms with E-state index < -0.39 is 10.0 Å². The van der Waals surface area contributed by atoms with E-state index in [0.29, 0.717) is 22.7 Å². The first kappa shape index (κ1) is 15.8. The first-order valence-corrected chi connectivity index (χ1v) is 8.20. The van der Waals surface area contributed by atoms with Crippen LogP contribution in [0.5, 0.6) is 0 Å². The monoisotopic (exact) mass is 325 g/mol. The van der Waals surface area contributed by atoms with Crippen LogP contribution in [0.25, 0.3) is 0 Å². The number of halogens is 1. The molecule has 0 atom stereocenters. The molecule has 0 saturated heterocycles. The van der Waals surface area contributed by atoms with E-state index in [0.717, 1.165) is 5.56 Å². The number of rotatable bonds is 5. The molecule has 2 rings (SSSR count). The number of nitrogens with two attached hydrogens (primary N) is 1. The maximum Gasteiger partial charge on any atom is 0.240 e. The first-order chi connectivity index (χ1) is 9.90. The summed E-state index contributed by atoms with van der Waals surface area (Å²) < 4.78 is 27.2. The molecule has 0 fully saturated rings. The molecule has 1 aromatic heterocycles. The number of nitrogens with zero attached hydrogens (tertiary/aromatic N) is 1. The van der Waals surface area contributed by atoms with E-state index in [2.05, 4.69) is 9.71 Å². The molecule has 0 aliphatic carbocycles. The summed E-state index contributed by atoms with van der Waals surface area (Å²) in [6.07, 6.45) is 3.92. The Labute approximate surface area is 129 Å². The largest absolute Gasteiger partial charge is 0.398 e. The van der Waals surface area contributed by atoms with Crippen molar-refractivity contribution in [2.45, 2.75) is 18.2 Å². The van der Waals surface area contributed by atoms with E-state index in [1.54, 1.807) is 19.3 Å². The van der Waals surface area contributed by atoms with Gasteiger partial charge in [-0.3, -0.25) is 4.98 Å². The summed E-state index contributed by atoms with van der Waals surface area (Å²) in [6.45, 7) is 1.95. The van der Waals surface area contributed by atoms with E-state index in [-0.39, 0.29) is 11.4 Å². The van der Waals surface area contributed by atoms with Gasteiger partial charge in [-0.05, 0) is 48.7 Å². The van der Waals surface area contributed by atoms with Crippen molar-refractivity contribution in [3.05, 3.63) is 52.8 Å². The molecular weight excluding hydrogens is 310 g/mol. The highest BCUT2D eigenvalue weighted by molar-refractivity contribution is 7.89. The number of aromatic nitrogens is 1. The van der Waals surface area contributed by atoms with Gasteiger partial charge in [0.15, 0.2) is 0 Å². The second kappa shape index (κ2) is 6.43. The average molecular weight is 326 g/mol. The molecular formula is C14H16ClN3O2S. The number of sulfonamides is 1. The first-order valence-electron chi connectivity index (χ1n) is 6.34. The van der Waals surface area contributed by atoms with Gasteiger partial charge >= 0.3 is 0 Å². The third-order valence-corrected chi connectivity index (χ3v) is 4.92. The van der Waals surface area contributed by atoms with Gasteiger partial charge in [-0.1, -0.05) is 11.6 Å². The molecule has 1 aromatic carbocycles. The molecule has 5 nitrogen and oxygen atoms in total. The molecule has 0 spiro atoms. The number of hydrogen-bond donors (Lipinski definition) is 2. The molecule has 0 bridgehead atoms. The second-order valence-electron chi connectivity index (χ2n) is 4.62. The lowest BCUT2D eigenvalue weighted by Crippen LogP contribution is -2.26. The summed E-state index contributed by atoms with van der Waals surface area (Å²) in [5, 5.41) is 0.299. The minimum Gasteiger partial charge on any atom is -0.398 e. The van der Waals surface area contributed by atoms with Gasteiger partial charge in [0.05, 0.1) is 4.90 Å². The fourth-order valence-electron chi connectivity index (χ4n) is 1.91. The van der Waals surface area contributed by atoms with Crippen LogP contribution < -0.4 is 10.5 Å². The number of benzene rings is 1. The van der Waals surface area contributed by atoms with Crippen molar-refractivity contribution in [2.24, 2.45) is 0 Å². The van der Waals surface area contributed by atoms with Crippen LogP contribution in [0, 0.1) is 6.92 Å². The zero-order valence-corrected chi connectivity index (χ0v) is 13.1. The van der Waals surface area contributed by atoms with E-state index in [4.69, 9.17) is 17.3 Å². The Hall–Kier alpha value is -1.63. The van der Waals surface area contributed by atoms with Crippen LogP contribution in [0.4, 0.5) is 5.69 Å². The minimum absolute atomic E-state index is 0.113. The van der Waals surface area contributed by atoms with Crippen molar-refractivity contribution in [1.29, 1.82) is 0 Å². The Morgan fingerprint density at radius 1 is 1.29 bits per heavy atom. The summed E-state index contributed by atoms with van der Waals surface area (Å²) >= 11 is 5.88. The summed E-state index contributed by atoms with van der Waals surface area (Å²) in [5.41, 5.74) is 7.62. The van der Waals surface area contributed by atoms with Crippen molar-refractivity contribution >= 4 is 27.3 Å². The Kier molecular flexibility index (Phi) is 4.82. The summed E-state index contributed by atoms with van der Waals surface area (Å²) in [6, 6.07) is 6.63. The molecule has 0 radical (unpaired) electrons. The van der Waals surface area contributed by atoms with E-state index in [1.165, 1.54) is 12.1 Å². The maximum absolute atomic E-state index is 12.3. The molecule has 0 saturated carbocycles. The van der Waals surface area contributed by atoms with Crippen molar-refractivity contribution in [2.75, 3.05) is 12.3 Å². The van der Waals surface area contributed by atoms with Crippen LogP contribution >= 0.6 is 11.6 Å². The average Bonchev–Trinajstić information content (AvgIpc) is 2.43. The number of nitrogen functional groups attached to an aromatic ring is 1. The highest BCUT2D eigenvalue weighted by Gasteiger charge is 2.18. The smallest absolute Gasteiger partial charge is 0.240 e. The fraction of sp³-hybridized carbons (Fsp3) is 0.214. The zero-order valence-electron chi connectivity index (χ0n) is 11.5. The Morgan fingerprint density at radius 3 is 2.62 bits per heavy atom.